The molecular formula is C21H21ClF3N5O3S. The summed E-state index contributed by atoms with van der Waals surface area (Å²) in [5, 5.41) is 14.8. The average Bonchev–Trinajstić information content (AvgIpc) is 3.19. The molecule has 1 aromatic carbocycles. The molecule has 0 aliphatic heterocycles. The lowest BCUT2D eigenvalue weighted by Crippen LogP contribution is -2.17. The molecule has 8 nitrogen and oxygen atoms in total. The number of unbranched alkanes of at least 4 members (excludes halogenated alkanes) is 3. The van der Waals surface area contributed by atoms with Crippen LogP contribution in [0.5, 0.6) is 0 Å². The first-order valence-electron chi connectivity index (χ1n) is 10.3. The standard InChI is InChI=1S/C21H21ClF3N5O3S/c22-15-8-7-12(9-14(15)21(23,24)25)28-19-13-10-18(34-20(13)27-11-26-19)29-16(31)5-3-1-2-4-6-17(32)30-33/h7-11,33H,1-6H2,(H,29,31)(H,30,32)(H,26,27,28). The first-order chi connectivity index (χ1) is 16.2. The van der Waals surface area contributed by atoms with Crippen molar-refractivity contribution in [3.05, 3.63) is 41.2 Å². The molecule has 34 heavy (non-hydrogen) atoms. The molecule has 0 aliphatic rings. The maximum Gasteiger partial charge on any atom is 0.417 e. The minimum Gasteiger partial charge on any atom is -0.340 e. The first-order valence-corrected chi connectivity index (χ1v) is 11.5. The quantitative estimate of drug-likeness (QED) is 0.152. The van der Waals surface area contributed by atoms with E-state index in [1.54, 1.807) is 11.5 Å². The van der Waals surface area contributed by atoms with Crippen molar-refractivity contribution in [2.24, 2.45) is 0 Å². The summed E-state index contributed by atoms with van der Waals surface area (Å²) in [6.07, 6.45) is -0.00118. The number of aromatic nitrogens is 2. The van der Waals surface area contributed by atoms with Gasteiger partial charge in [0.1, 0.15) is 17.0 Å². The summed E-state index contributed by atoms with van der Waals surface area (Å²) in [5.74, 6) is -0.324. The van der Waals surface area contributed by atoms with E-state index in [9.17, 15) is 22.8 Å². The summed E-state index contributed by atoms with van der Waals surface area (Å²) >= 11 is 6.89. The zero-order valence-electron chi connectivity index (χ0n) is 17.7. The number of carbonyl (C=O) groups excluding carboxylic acids is 2. The number of hydrogen-bond donors (Lipinski definition) is 4. The van der Waals surface area contributed by atoms with Crippen LogP contribution in [0.1, 0.15) is 44.1 Å². The van der Waals surface area contributed by atoms with Gasteiger partial charge in [-0.3, -0.25) is 14.8 Å². The van der Waals surface area contributed by atoms with Gasteiger partial charge in [-0.25, -0.2) is 15.4 Å². The van der Waals surface area contributed by atoms with Gasteiger partial charge in [0.25, 0.3) is 0 Å². The number of halogens is 4. The number of carbonyl (C=O) groups is 2. The third kappa shape index (κ3) is 7.02. The Balaban J connectivity index is 1.61. The van der Waals surface area contributed by atoms with Crippen LogP contribution in [0.2, 0.25) is 5.02 Å². The third-order valence-corrected chi connectivity index (χ3v) is 6.10. The van der Waals surface area contributed by atoms with Gasteiger partial charge in [-0.15, -0.1) is 0 Å². The molecule has 0 spiro atoms. The lowest BCUT2D eigenvalue weighted by molar-refractivity contribution is -0.137. The van der Waals surface area contributed by atoms with Gasteiger partial charge in [-0.1, -0.05) is 35.8 Å². The molecule has 2 amide bonds. The minimum atomic E-state index is -4.59. The first kappa shape index (κ1) is 25.7. The highest BCUT2D eigenvalue weighted by molar-refractivity contribution is 7.22. The van der Waals surface area contributed by atoms with E-state index in [4.69, 9.17) is 16.8 Å². The molecule has 0 radical (unpaired) electrons. The summed E-state index contributed by atoms with van der Waals surface area (Å²) in [6.45, 7) is 0. The summed E-state index contributed by atoms with van der Waals surface area (Å²) in [4.78, 5) is 32.0. The van der Waals surface area contributed by atoms with Crippen LogP contribution in [-0.4, -0.2) is 27.0 Å². The molecule has 4 N–H and O–H groups in total. The molecule has 0 atom stereocenters. The number of rotatable bonds is 10. The summed E-state index contributed by atoms with van der Waals surface area (Å²) < 4.78 is 39.4. The van der Waals surface area contributed by atoms with Crippen LogP contribution < -0.4 is 16.1 Å². The summed E-state index contributed by atoms with van der Waals surface area (Å²) in [6, 6.07) is 5.14. The fraction of sp³-hybridized carbons (Fsp3) is 0.333. The second-order valence-corrected chi connectivity index (χ2v) is 8.80. The van der Waals surface area contributed by atoms with E-state index in [2.05, 4.69) is 20.6 Å². The molecule has 0 fully saturated rings. The largest absolute Gasteiger partial charge is 0.417 e. The van der Waals surface area contributed by atoms with Crippen LogP contribution in [0.15, 0.2) is 30.6 Å². The molecule has 182 valence electrons. The highest BCUT2D eigenvalue weighted by Crippen LogP contribution is 2.38. The van der Waals surface area contributed by atoms with Gasteiger partial charge in [0, 0.05) is 18.5 Å². The van der Waals surface area contributed by atoms with E-state index in [-0.39, 0.29) is 18.0 Å². The van der Waals surface area contributed by atoms with Crippen molar-refractivity contribution in [3.8, 4) is 0 Å². The zero-order chi connectivity index (χ0) is 24.7. The zero-order valence-corrected chi connectivity index (χ0v) is 19.3. The number of amides is 2. The van der Waals surface area contributed by atoms with Crippen LogP contribution in [0, 0.1) is 0 Å². The second-order valence-electron chi connectivity index (χ2n) is 7.37. The fourth-order valence-electron chi connectivity index (χ4n) is 3.15. The molecule has 0 bridgehead atoms. The maximum atomic E-state index is 13.1. The van der Waals surface area contributed by atoms with Crippen molar-refractivity contribution in [1.29, 1.82) is 0 Å². The van der Waals surface area contributed by atoms with Crippen molar-refractivity contribution < 1.29 is 28.0 Å². The summed E-state index contributed by atoms with van der Waals surface area (Å²) in [7, 11) is 0. The SMILES string of the molecule is O=C(CCCCCCC(=O)Nc1cc2c(Nc3ccc(Cl)c(C(F)(F)F)c3)ncnc2s1)NO. The fourth-order valence-corrected chi connectivity index (χ4v) is 4.29. The predicted molar refractivity (Wildman–Crippen MR) is 123 cm³/mol. The number of nitrogens with zero attached hydrogens (tertiary/aromatic N) is 2. The van der Waals surface area contributed by atoms with Crippen molar-refractivity contribution in [3.63, 3.8) is 0 Å². The highest BCUT2D eigenvalue weighted by Gasteiger charge is 2.33. The lowest BCUT2D eigenvalue weighted by Gasteiger charge is -2.12. The molecule has 2 heterocycles. The molecule has 3 rings (SSSR count). The van der Waals surface area contributed by atoms with E-state index in [0.29, 0.717) is 40.3 Å². The van der Waals surface area contributed by atoms with Crippen LogP contribution in [0.3, 0.4) is 0 Å². The number of hydrogen-bond acceptors (Lipinski definition) is 7. The van der Waals surface area contributed by atoms with Gasteiger partial charge in [0.05, 0.1) is 21.0 Å². The van der Waals surface area contributed by atoms with Crippen molar-refractivity contribution in [2.45, 2.75) is 44.7 Å². The number of anilines is 3. The number of alkyl halides is 3. The molecule has 0 saturated heterocycles. The molecule has 3 aromatic rings. The number of benzene rings is 1. The Morgan fingerprint density at radius 3 is 2.41 bits per heavy atom. The van der Waals surface area contributed by atoms with Crippen molar-refractivity contribution in [1.82, 2.24) is 15.4 Å². The topological polar surface area (TPSA) is 116 Å². The van der Waals surface area contributed by atoms with Crippen LogP contribution in [-0.2, 0) is 15.8 Å². The summed E-state index contributed by atoms with van der Waals surface area (Å²) in [5.41, 5.74) is 0.772. The Morgan fingerprint density at radius 1 is 1.03 bits per heavy atom. The third-order valence-electron chi connectivity index (χ3n) is 4.81. The Labute approximate surface area is 201 Å². The van der Waals surface area contributed by atoms with E-state index < -0.39 is 22.7 Å². The van der Waals surface area contributed by atoms with Crippen molar-refractivity contribution >= 4 is 61.5 Å². The molecule has 0 aliphatic carbocycles. The Bertz CT molecular complexity index is 1170. The second kappa shape index (κ2) is 11.4. The molecule has 2 aromatic heterocycles. The van der Waals surface area contributed by atoms with Crippen molar-refractivity contribution in [2.75, 3.05) is 10.6 Å². The van der Waals surface area contributed by atoms with E-state index in [1.165, 1.54) is 23.7 Å². The van der Waals surface area contributed by atoms with Gasteiger partial charge in [0.2, 0.25) is 11.8 Å². The van der Waals surface area contributed by atoms with Crippen LogP contribution in [0.25, 0.3) is 10.2 Å². The minimum absolute atomic E-state index is 0.157. The molecule has 0 saturated carbocycles. The monoisotopic (exact) mass is 515 g/mol. The highest BCUT2D eigenvalue weighted by atomic mass is 35.5. The number of hydroxylamine groups is 1. The smallest absolute Gasteiger partial charge is 0.340 e. The Morgan fingerprint density at radius 2 is 1.74 bits per heavy atom. The molecular weight excluding hydrogens is 495 g/mol. The maximum absolute atomic E-state index is 13.1. The van der Waals surface area contributed by atoms with E-state index >= 15 is 0 Å². The number of nitrogens with one attached hydrogen (secondary N) is 3. The van der Waals surface area contributed by atoms with Gasteiger partial charge in [-0.05, 0) is 37.1 Å². The van der Waals surface area contributed by atoms with E-state index in [1.807, 2.05) is 0 Å². The number of fused-ring (bicyclic) bond motifs is 1. The Kier molecular flexibility index (Phi) is 8.64. The van der Waals surface area contributed by atoms with Gasteiger partial charge in [0.15, 0.2) is 0 Å². The number of thiophene rings is 1. The molecule has 13 heteroatoms. The average molecular weight is 516 g/mol. The predicted octanol–water partition coefficient (Wildman–Crippen LogP) is 5.89. The normalized spacial score (nSPS) is 11.4. The van der Waals surface area contributed by atoms with Gasteiger partial charge >= 0.3 is 6.18 Å². The van der Waals surface area contributed by atoms with Crippen LogP contribution >= 0.6 is 22.9 Å². The van der Waals surface area contributed by atoms with Gasteiger partial charge in [-0.2, -0.15) is 13.2 Å². The van der Waals surface area contributed by atoms with Crippen LogP contribution in [0.4, 0.5) is 29.7 Å². The Hall–Kier alpha value is -2.96. The van der Waals surface area contributed by atoms with Gasteiger partial charge < -0.3 is 10.6 Å². The van der Waals surface area contributed by atoms with E-state index in [0.717, 1.165) is 25.0 Å². The molecule has 0 unspecified atom stereocenters. The lowest BCUT2D eigenvalue weighted by atomic mass is 10.1.